The Morgan fingerprint density at radius 1 is 1.19 bits per heavy atom. The summed E-state index contributed by atoms with van der Waals surface area (Å²) in [6.45, 7) is 2.31. The van der Waals surface area contributed by atoms with Crippen molar-refractivity contribution in [2.75, 3.05) is 25.5 Å². The zero-order valence-electron chi connectivity index (χ0n) is 15.4. The van der Waals surface area contributed by atoms with Gasteiger partial charge >= 0.3 is 0 Å². The molecular formula is C21H24N4O2. The second-order valence-electron chi connectivity index (χ2n) is 6.87. The second kappa shape index (κ2) is 7.70. The van der Waals surface area contributed by atoms with E-state index in [1.165, 1.54) is 0 Å². The van der Waals surface area contributed by atoms with E-state index in [0.29, 0.717) is 18.2 Å². The van der Waals surface area contributed by atoms with Crippen molar-refractivity contribution < 1.29 is 9.53 Å². The molecule has 4 rings (SSSR count). The van der Waals surface area contributed by atoms with Gasteiger partial charge in [-0.25, -0.2) is 0 Å². The molecule has 1 aliphatic heterocycles. The highest BCUT2D eigenvalue weighted by atomic mass is 16.5. The molecule has 0 radical (unpaired) electrons. The summed E-state index contributed by atoms with van der Waals surface area (Å²) in [6.07, 6.45) is 2.15. The number of amides is 1. The maximum absolute atomic E-state index is 13.0. The summed E-state index contributed by atoms with van der Waals surface area (Å²) in [6, 6.07) is 15.9. The van der Waals surface area contributed by atoms with Crippen LogP contribution in [0.25, 0.3) is 0 Å². The molecule has 2 aliphatic rings. The highest BCUT2D eigenvalue weighted by Crippen LogP contribution is 2.30. The van der Waals surface area contributed by atoms with Crippen molar-refractivity contribution in [2.24, 2.45) is 4.99 Å². The predicted octanol–water partition coefficient (Wildman–Crippen LogP) is 2.87. The van der Waals surface area contributed by atoms with E-state index in [1.807, 2.05) is 41.3 Å². The number of rotatable bonds is 6. The maximum Gasteiger partial charge on any atom is 0.254 e. The first kappa shape index (κ1) is 17.4. The Hall–Kier alpha value is -3.02. The molecule has 0 saturated heterocycles. The van der Waals surface area contributed by atoms with Gasteiger partial charge in [0.05, 0.1) is 13.7 Å². The van der Waals surface area contributed by atoms with E-state index >= 15 is 0 Å². The van der Waals surface area contributed by atoms with Gasteiger partial charge in [0, 0.05) is 30.4 Å². The Morgan fingerprint density at radius 2 is 1.93 bits per heavy atom. The number of nitrogens with zero attached hydrogens (tertiary/aromatic N) is 2. The third-order valence-electron chi connectivity index (χ3n) is 4.83. The minimum Gasteiger partial charge on any atom is -0.497 e. The molecule has 0 spiro atoms. The fraction of sp³-hybridized carbons (Fsp3) is 0.333. The van der Waals surface area contributed by atoms with E-state index in [-0.39, 0.29) is 5.91 Å². The van der Waals surface area contributed by atoms with Gasteiger partial charge in [-0.2, -0.15) is 0 Å². The minimum atomic E-state index is 0.0758. The van der Waals surface area contributed by atoms with Crippen LogP contribution in [0.2, 0.25) is 0 Å². The van der Waals surface area contributed by atoms with Crippen molar-refractivity contribution in [3.8, 4) is 5.75 Å². The van der Waals surface area contributed by atoms with Crippen LogP contribution in [0.5, 0.6) is 5.75 Å². The molecule has 6 nitrogen and oxygen atoms in total. The van der Waals surface area contributed by atoms with Crippen molar-refractivity contribution in [3.05, 3.63) is 59.7 Å². The van der Waals surface area contributed by atoms with Crippen LogP contribution < -0.4 is 15.4 Å². The standard InChI is InChI=1S/C21H24N4O2/c1-27-19-10-4-16(5-11-19)20(26)25(18-8-9-18)14-15-2-6-17(7-3-15)24-21-22-12-13-23-21/h2-7,10-11,18H,8-9,12-14H2,1H3,(H2,22,23,24). The number of hydrogen-bond acceptors (Lipinski definition) is 5. The molecular weight excluding hydrogens is 340 g/mol. The summed E-state index contributed by atoms with van der Waals surface area (Å²) >= 11 is 0. The van der Waals surface area contributed by atoms with E-state index in [2.05, 4.69) is 27.8 Å². The fourth-order valence-electron chi connectivity index (χ4n) is 3.16. The summed E-state index contributed by atoms with van der Waals surface area (Å²) < 4.78 is 5.18. The Labute approximate surface area is 159 Å². The Balaban J connectivity index is 1.44. The molecule has 1 fully saturated rings. The Bertz CT molecular complexity index is 826. The van der Waals surface area contributed by atoms with Crippen LogP contribution in [0.15, 0.2) is 53.5 Å². The molecule has 2 aromatic rings. The lowest BCUT2D eigenvalue weighted by molar-refractivity contribution is 0.0730. The number of aliphatic imine (C=N–C) groups is 1. The van der Waals surface area contributed by atoms with E-state index in [4.69, 9.17) is 4.74 Å². The summed E-state index contributed by atoms with van der Waals surface area (Å²) in [5, 5.41) is 6.46. The summed E-state index contributed by atoms with van der Waals surface area (Å²) in [5.41, 5.74) is 2.81. The maximum atomic E-state index is 13.0. The number of benzene rings is 2. The first-order valence-electron chi connectivity index (χ1n) is 9.32. The summed E-state index contributed by atoms with van der Waals surface area (Å²) in [4.78, 5) is 19.3. The molecule has 0 unspecified atom stereocenters. The Morgan fingerprint density at radius 3 is 2.52 bits per heavy atom. The third-order valence-corrected chi connectivity index (χ3v) is 4.83. The van der Waals surface area contributed by atoms with E-state index in [1.54, 1.807) is 7.11 Å². The topological polar surface area (TPSA) is 66.0 Å². The van der Waals surface area contributed by atoms with Gasteiger partial charge in [-0.3, -0.25) is 9.79 Å². The molecule has 1 heterocycles. The summed E-state index contributed by atoms with van der Waals surface area (Å²) in [7, 11) is 1.63. The number of anilines is 1. The van der Waals surface area contributed by atoms with Gasteiger partial charge in [-0.15, -0.1) is 0 Å². The second-order valence-corrected chi connectivity index (χ2v) is 6.87. The zero-order valence-corrected chi connectivity index (χ0v) is 15.4. The molecule has 1 saturated carbocycles. The average Bonchev–Trinajstić information content (AvgIpc) is 3.43. The van der Waals surface area contributed by atoms with Crippen LogP contribution in [-0.2, 0) is 6.54 Å². The molecule has 1 aliphatic carbocycles. The van der Waals surface area contributed by atoms with Crippen molar-refractivity contribution >= 4 is 17.6 Å². The molecule has 27 heavy (non-hydrogen) atoms. The first-order chi connectivity index (χ1) is 13.2. The smallest absolute Gasteiger partial charge is 0.254 e. The number of hydrogen-bond donors (Lipinski definition) is 2. The quantitative estimate of drug-likeness (QED) is 0.827. The number of guanidine groups is 1. The number of nitrogens with one attached hydrogen (secondary N) is 2. The van der Waals surface area contributed by atoms with Gasteiger partial charge in [-0.1, -0.05) is 12.1 Å². The van der Waals surface area contributed by atoms with E-state index in [0.717, 1.165) is 48.9 Å². The van der Waals surface area contributed by atoms with E-state index < -0.39 is 0 Å². The molecule has 2 N–H and O–H groups in total. The predicted molar refractivity (Wildman–Crippen MR) is 106 cm³/mol. The monoisotopic (exact) mass is 364 g/mol. The fourth-order valence-corrected chi connectivity index (χ4v) is 3.16. The Kier molecular flexibility index (Phi) is 4.96. The number of ether oxygens (including phenoxy) is 1. The largest absolute Gasteiger partial charge is 0.497 e. The van der Waals surface area contributed by atoms with Crippen molar-refractivity contribution in [1.82, 2.24) is 10.2 Å². The van der Waals surface area contributed by atoms with Crippen LogP contribution in [0.1, 0.15) is 28.8 Å². The van der Waals surface area contributed by atoms with Gasteiger partial charge in [0.15, 0.2) is 5.96 Å². The van der Waals surface area contributed by atoms with Crippen LogP contribution in [-0.4, -0.2) is 43.0 Å². The number of carbonyl (C=O) groups is 1. The lowest BCUT2D eigenvalue weighted by Gasteiger charge is -2.23. The van der Waals surface area contributed by atoms with Crippen molar-refractivity contribution in [2.45, 2.75) is 25.4 Å². The number of methoxy groups -OCH3 is 1. The van der Waals surface area contributed by atoms with Crippen molar-refractivity contribution in [1.29, 1.82) is 0 Å². The van der Waals surface area contributed by atoms with Crippen LogP contribution in [0.3, 0.4) is 0 Å². The minimum absolute atomic E-state index is 0.0758. The molecule has 0 bridgehead atoms. The van der Waals surface area contributed by atoms with Gasteiger partial charge < -0.3 is 20.3 Å². The normalized spacial score (nSPS) is 15.7. The van der Waals surface area contributed by atoms with Crippen LogP contribution >= 0.6 is 0 Å². The zero-order chi connectivity index (χ0) is 18.6. The third kappa shape index (κ3) is 4.22. The van der Waals surface area contributed by atoms with Gasteiger partial charge in [0.2, 0.25) is 0 Å². The highest BCUT2D eigenvalue weighted by Gasteiger charge is 2.33. The van der Waals surface area contributed by atoms with E-state index in [9.17, 15) is 4.79 Å². The SMILES string of the molecule is COc1ccc(C(=O)N(Cc2ccc(NC3=NCCN3)cc2)C2CC2)cc1. The molecule has 1 amide bonds. The molecule has 0 aromatic heterocycles. The highest BCUT2D eigenvalue weighted by molar-refractivity contribution is 5.95. The average molecular weight is 364 g/mol. The summed E-state index contributed by atoms with van der Waals surface area (Å²) in [5.74, 6) is 1.65. The van der Waals surface area contributed by atoms with Gasteiger partial charge in [-0.05, 0) is 54.8 Å². The molecule has 2 aromatic carbocycles. The first-order valence-corrected chi connectivity index (χ1v) is 9.32. The van der Waals surface area contributed by atoms with Gasteiger partial charge in [0.25, 0.3) is 5.91 Å². The molecule has 6 heteroatoms. The molecule has 0 atom stereocenters. The lowest BCUT2D eigenvalue weighted by atomic mass is 10.1. The molecule has 140 valence electrons. The lowest BCUT2D eigenvalue weighted by Crippen LogP contribution is -2.32. The van der Waals surface area contributed by atoms with Crippen molar-refractivity contribution in [3.63, 3.8) is 0 Å². The number of carbonyl (C=O) groups excluding carboxylic acids is 1. The van der Waals surface area contributed by atoms with Crippen LogP contribution in [0, 0.1) is 0 Å². The van der Waals surface area contributed by atoms with Crippen LogP contribution in [0.4, 0.5) is 5.69 Å². The van der Waals surface area contributed by atoms with Gasteiger partial charge in [0.1, 0.15) is 5.75 Å².